The normalized spacial score (nSPS) is 12.0. The van der Waals surface area contributed by atoms with Gasteiger partial charge < -0.3 is 5.32 Å². The molecule has 6 heteroatoms. The predicted octanol–water partition coefficient (Wildman–Crippen LogP) is 2.68. The number of imide groups is 1. The van der Waals surface area contributed by atoms with Gasteiger partial charge in [0.25, 0.3) is 0 Å². The molecule has 0 radical (unpaired) electrons. The molecule has 0 aliphatic heterocycles. The van der Waals surface area contributed by atoms with E-state index in [1.54, 1.807) is 0 Å². The lowest BCUT2D eigenvalue weighted by Gasteiger charge is -2.29. The van der Waals surface area contributed by atoms with E-state index in [0.29, 0.717) is 0 Å². The fraction of sp³-hybridized carbons (Fsp3) is 0.467. The zero-order chi connectivity index (χ0) is 15.8. The Bertz CT molecular complexity index is 494. The Labute approximate surface area is 134 Å². The maximum atomic E-state index is 11.9. The summed E-state index contributed by atoms with van der Waals surface area (Å²) in [6.45, 7) is 5.09. The number of hydrogen-bond acceptors (Lipinski definition) is 3. The first-order valence-electron chi connectivity index (χ1n) is 6.99. The molecule has 0 saturated heterocycles. The second-order valence-electron chi connectivity index (χ2n) is 4.80. The number of carbonyl (C=O) groups is 2. The fourth-order valence-corrected chi connectivity index (χ4v) is 2.74. The maximum absolute atomic E-state index is 11.9. The van der Waals surface area contributed by atoms with Crippen LogP contribution in [0.15, 0.2) is 28.7 Å². The van der Waals surface area contributed by atoms with Gasteiger partial charge in [0.2, 0.25) is 5.91 Å². The number of rotatable bonds is 6. The molecule has 0 aromatic heterocycles. The smallest absolute Gasteiger partial charge is 0.321 e. The number of hydrogen-bond donors (Lipinski definition) is 2. The van der Waals surface area contributed by atoms with Gasteiger partial charge in [-0.05, 0) is 31.5 Å². The van der Waals surface area contributed by atoms with Crippen molar-refractivity contribution in [3.63, 3.8) is 0 Å². The number of urea groups is 1. The van der Waals surface area contributed by atoms with Crippen LogP contribution in [0.2, 0.25) is 0 Å². The zero-order valence-electron chi connectivity index (χ0n) is 12.6. The molecule has 0 aliphatic rings. The number of nitrogens with zero attached hydrogens (tertiary/aromatic N) is 1. The summed E-state index contributed by atoms with van der Waals surface area (Å²) in [5.74, 6) is -0.304. The van der Waals surface area contributed by atoms with Crippen LogP contribution < -0.4 is 10.6 Å². The first kappa shape index (κ1) is 17.7. The van der Waals surface area contributed by atoms with Gasteiger partial charge in [-0.2, -0.15) is 0 Å². The molecular weight excluding hydrogens is 334 g/mol. The van der Waals surface area contributed by atoms with Gasteiger partial charge in [0.15, 0.2) is 0 Å². The van der Waals surface area contributed by atoms with Crippen LogP contribution in [-0.4, -0.2) is 37.0 Å². The van der Waals surface area contributed by atoms with Gasteiger partial charge in [0, 0.05) is 17.6 Å². The van der Waals surface area contributed by atoms with E-state index < -0.39 is 6.03 Å². The molecule has 1 atom stereocenters. The van der Waals surface area contributed by atoms with E-state index in [2.05, 4.69) is 45.3 Å². The van der Waals surface area contributed by atoms with Gasteiger partial charge in [-0.15, -0.1) is 0 Å². The number of halogens is 1. The molecule has 21 heavy (non-hydrogen) atoms. The average molecular weight is 356 g/mol. The molecule has 5 nitrogen and oxygen atoms in total. The van der Waals surface area contributed by atoms with E-state index in [4.69, 9.17) is 0 Å². The number of carbonyl (C=O) groups excluding carboxylic acids is 2. The summed E-state index contributed by atoms with van der Waals surface area (Å²) >= 11 is 3.54. The maximum Gasteiger partial charge on any atom is 0.321 e. The Morgan fingerprint density at radius 1 is 1.33 bits per heavy atom. The number of nitrogens with one attached hydrogen (secondary N) is 2. The van der Waals surface area contributed by atoms with Crippen molar-refractivity contribution in [2.45, 2.75) is 26.3 Å². The first-order chi connectivity index (χ1) is 9.99. The highest BCUT2D eigenvalue weighted by Crippen LogP contribution is 2.27. The summed E-state index contributed by atoms with van der Waals surface area (Å²) in [6.07, 6.45) is 0.933. The van der Waals surface area contributed by atoms with Crippen LogP contribution in [0.5, 0.6) is 0 Å². The average Bonchev–Trinajstić information content (AvgIpc) is 2.46. The van der Waals surface area contributed by atoms with Gasteiger partial charge in [-0.3, -0.25) is 15.0 Å². The monoisotopic (exact) mass is 355 g/mol. The third kappa shape index (κ3) is 5.47. The van der Waals surface area contributed by atoms with Crippen LogP contribution in [0, 0.1) is 0 Å². The zero-order valence-corrected chi connectivity index (χ0v) is 14.2. The molecule has 0 saturated carbocycles. The van der Waals surface area contributed by atoms with Gasteiger partial charge in [-0.25, -0.2) is 4.79 Å². The Balaban J connectivity index is 2.79. The molecule has 0 bridgehead atoms. The van der Waals surface area contributed by atoms with Crippen molar-refractivity contribution in [2.24, 2.45) is 0 Å². The Kier molecular flexibility index (Phi) is 7.39. The lowest BCUT2D eigenvalue weighted by atomic mass is 10.1. The summed E-state index contributed by atoms with van der Waals surface area (Å²) in [6, 6.07) is 7.56. The van der Waals surface area contributed by atoms with Gasteiger partial charge in [-0.1, -0.05) is 41.1 Å². The highest BCUT2D eigenvalue weighted by atomic mass is 79.9. The molecule has 3 amide bonds. The lowest BCUT2D eigenvalue weighted by molar-refractivity contribution is -0.121. The second kappa shape index (κ2) is 8.79. The van der Waals surface area contributed by atoms with E-state index in [-0.39, 0.29) is 18.5 Å². The van der Waals surface area contributed by atoms with Crippen molar-refractivity contribution >= 4 is 27.9 Å². The quantitative estimate of drug-likeness (QED) is 0.824. The van der Waals surface area contributed by atoms with Crippen molar-refractivity contribution in [2.75, 3.05) is 20.1 Å². The summed E-state index contributed by atoms with van der Waals surface area (Å²) in [7, 11) is 1.48. The Hall–Kier alpha value is -1.40. The minimum atomic E-state index is -0.481. The summed E-state index contributed by atoms with van der Waals surface area (Å²) < 4.78 is 1.02. The van der Waals surface area contributed by atoms with Gasteiger partial charge in [0.05, 0.1) is 6.54 Å². The van der Waals surface area contributed by atoms with Crippen LogP contribution in [0.4, 0.5) is 4.79 Å². The van der Waals surface area contributed by atoms with Crippen molar-refractivity contribution in [1.82, 2.24) is 15.5 Å². The molecule has 0 unspecified atom stereocenters. The van der Waals surface area contributed by atoms with Gasteiger partial charge >= 0.3 is 6.03 Å². The highest BCUT2D eigenvalue weighted by molar-refractivity contribution is 9.10. The lowest BCUT2D eigenvalue weighted by Crippen LogP contribution is -2.44. The summed E-state index contributed by atoms with van der Waals surface area (Å²) in [4.78, 5) is 25.1. The van der Waals surface area contributed by atoms with Crippen molar-refractivity contribution in [3.8, 4) is 0 Å². The largest absolute Gasteiger partial charge is 0.341 e. The minimum Gasteiger partial charge on any atom is -0.341 e. The molecule has 2 N–H and O–H groups in total. The van der Waals surface area contributed by atoms with Crippen LogP contribution in [-0.2, 0) is 4.79 Å². The predicted molar refractivity (Wildman–Crippen MR) is 87.0 cm³/mol. The molecule has 0 heterocycles. The van der Waals surface area contributed by atoms with Crippen LogP contribution in [0.1, 0.15) is 31.9 Å². The van der Waals surface area contributed by atoms with E-state index in [0.717, 1.165) is 23.0 Å². The molecule has 0 fully saturated rings. The molecular formula is C15H22BrN3O2. The summed E-state index contributed by atoms with van der Waals surface area (Å²) in [5, 5.41) is 4.67. The van der Waals surface area contributed by atoms with E-state index in [1.807, 2.05) is 24.3 Å². The van der Waals surface area contributed by atoms with E-state index in [9.17, 15) is 9.59 Å². The fourth-order valence-electron chi connectivity index (χ4n) is 2.12. The van der Waals surface area contributed by atoms with E-state index >= 15 is 0 Å². The highest BCUT2D eigenvalue weighted by Gasteiger charge is 2.20. The van der Waals surface area contributed by atoms with Gasteiger partial charge in [0.1, 0.15) is 0 Å². The molecule has 1 aromatic carbocycles. The third-order valence-electron chi connectivity index (χ3n) is 3.24. The molecule has 1 aromatic rings. The molecule has 1 rings (SSSR count). The first-order valence-corrected chi connectivity index (χ1v) is 7.78. The van der Waals surface area contributed by atoms with Crippen molar-refractivity contribution in [3.05, 3.63) is 34.3 Å². The number of benzene rings is 1. The summed E-state index contributed by atoms with van der Waals surface area (Å²) in [5.41, 5.74) is 1.12. The Morgan fingerprint density at radius 3 is 2.57 bits per heavy atom. The van der Waals surface area contributed by atoms with Crippen molar-refractivity contribution in [1.29, 1.82) is 0 Å². The minimum absolute atomic E-state index is 0.0796. The SMILES string of the molecule is CCCN(CC(=O)NC(=O)NC)[C@H](C)c1ccccc1Br. The molecule has 0 aliphatic carbocycles. The second-order valence-corrected chi connectivity index (χ2v) is 5.65. The van der Waals surface area contributed by atoms with Crippen molar-refractivity contribution < 1.29 is 9.59 Å². The van der Waals surface area contributed by atoms with Crippen LogP contribution in [0.25, 0.3) is 0 Å². The van der Waals surface area contributed by atoms with E-state index in [1.165, 1.54) is 7.05 Å². The van der Waals surface area contributed by atoms with Crippen LogP contribution >= 0.6 is 15.9 Å². The number of amides is 3. The standard InChI is InChI=1S/C15H22BrN3O2/c1-4-9-19(10-14(20)18-15(21)17-3)11(2)12-7-5-6-8-13(12)16/h5-8,11H,4,9-10H2,1-3H3,(H2,17,18,20,21)/t11-/m1/s1. The topological polar surface area (TPSA) is 61.4 Å². The van der Waals surface area contributed by atoms with Crippen LogP contribution in [0.3, 0.4) is 0 Å². The Morgan fingerprint density at radius 2 is 2.00 bits per heavy atom. The molecule has 0 spiro atoms. The molecule has 116 valence electrons. The third-order valence-corrected chi connectivity index (χ3v) is 3.96.